The first-order chi connectivity index (χ1) is 16.4. The average molecular weight is 526 g/mol. The van der Waals surface area contributed by atoms with Crippen molar-refractivity contribution in [2.24, 2.45) is 5.10 Å². The first-order valence-corrected chi connectivity index (χ1v) is 11.8. The molecule has 0 heterocycles. The number of sulfonamides is 1. The second-order valence-electron chi connectivity index (χ2n) is 7.24. The highest BCUT2D eigenvalue weighted by Crippen LogP contribution is 2.38. The summed E-state index contributed by atoms with van der Waals surface area (Å²) in [5, 5.41) is 13.1. The SMILES string of the molecule is C/C(=N/NC(=O)CN(c1ccc(Cl)c(C(F)(F)F)c1)S(=O)(=O)c1ccccc1)c1ccccc1O. The van der Waals surface area contributed by atoms with Gasteiger partial charge in [-0.2, -0.15) is 18.3 Å². The van der Waals surface area contributed by atoms with Crippen molar-refractivity contribution in [3.63, 3.8) is 0 Å². The van der Waals surface area contributed by atoms with Crippen molar-refractivity contribution in [2.75, 3.05) is 10.8 Å². The molecule has 12 heteroatoms. The Bertz CT molecular complexity index is 1360. The number of amides is 1. The number of carbonyl (C=O) groups excluding carboxylic acids is 1. The lowest BCUT2D eigenvalue weighted by Gasteiger charge is -2.25. The molecule has 0 aliphatic rings. The minimum atomic E-state index is -4.85. The smallest absolute Gasteiger partial charge is 0.417 e. The number of rotatable bonds is 7. The Kier molecular flexibility index (Phi) is 7.71. The zero-order valence-electron chi connectivity index (χ0n) is 18.1. The van der Waals surface area contributed by atoms with Gasteiger partial charge >= 0.3 is 6.18 Å². The monoisotopic (exact) mass is 525 g/mol. The number of aromatic hydroxyl groups is 1. The van der Waals surface area contributed by atoms with E-state index in [1.54, 1.807) is 24.3 Å². The minimum absolute atomic E-state index is 0.0860. The molecular formula is C23H19ClF3N3O4S. The van der Waals surface area contributed by atoms with Crippen LogP contribution in [0.4, 0.5) is 18.9 Å². The maximum atomic E-state index is 13.4. The van der Waals surface area contributed by atoms with E-state index in [1.807, 2.05) is 0 Å². The number of halogens is 4. The summed E-state index contributed by atoms with van der Waals surface area (Å²) in [5.41, 5.74) is 1.06. The largest absolute Gasteiger partial charge is 0.507 e. The van der Waals surface area contributed by atoms with Crippen molar-refractivity contribution in [1.82, 2.24) is 5.43 Å². The summed E-state index contributed by atoms with van der Waals surface area (Å²) in [7, 11) is -4.45. The number of benzene rings is 3. The number of hydrazone groups is 1. The van der Waals surface area contributed by atoms with Crippen LogP contribution in [0.3, 0.4) is 0 Å². The van der Waals surface area contributed by atoms with Crippen molar-refractivity contribution in [3.05, 3.63) is 88.9 Å². The van der Waals surface area contributed by atoms with Crippen LogP contribution < -0.4 is 9.73 Å². The molecule has 0 radical (unpaired) electrons. The highest BCUT2D eigenvalue weighted by molar-refractivity contribution is 7.92. The lowest BCUT2D eigenvalue weighted by Crippen LogP contribution is -2.40. The Morgan fingerprint density at radius 3 is 2.31 bits per heavy atom. The van der Waals surface area contributed by atoms with Crippen molar-refractivity contribution in [2.45, 2.75) is 18.0 Å². The Balaban J connectivity index is 1.98. The maximum Gasteiger partial charge on any atom is 0.417 e. The molecule has 0 bridgehead atoms. The van der Waals surface area contributed by atoms with Gasteiger partial charge in [0.2, 0.25) is 0 Å². The number of alkyl halides is 3. The second kappa shape index (κ2) is 10.4. The average Bonchev–Trinajstić information content (AvgIpc) is 2.81. The van der Waals surface area contributed by atoms with Crippen LogP contribution in [0.2, 0.25) is 5.02 Å². The third-order valence-electron chi connectivity index (χ3n) is 4.80. The molecule has 0 atom stereocenters. The highest BCUT2D eigenvalue weighted by atomic mass is 35.5. The molecule has 184 valence electrons. The summed E-state index contributed by atoms with van der Waals surface area (Å²) in [6, 6.07) is 15.7. The van der Waals surface area contributed by atoms with Crippen LogP contribution in [-0.2, 0) is 21.0 Å². The quantitative estimate of drug-likeness (QED) is 0.342. The number of anilines is 1. The van der Waals surface area contributed by atoms with Crippen LogP contribution in [0.1, 0.15) is 18.1 Å². The highest BCUT2D eigenvalue weighted by Gasteiger charge is 2.35. The van der Waals surface area contributed by atoms with Crippen LogP contribution in [0.5, 0.6) is 5.75 Å². The zero-order chi connectivity index (χ0) is 25.8. The van der Waals surface area contributed by atoms with E-state index < -0.39 is 44.9 Å². The zero-order valence-corrected chi connectivity index (χ0v) is 19.7. The Morgan fingerprint density at radius 1 is 1.06 bits per heavy atom. The van der Waals surface area contributed by atoms with Gasteiger partial charge in [0.15, 0.2) is 0 Å². The fourth-order valence-electron chi connectivity index (χ4n) is 3.07. The van der Waals surface area contributed by atoms with Gasteiger partial charge in [0, 0.05) is 5.56 Å². The summed E-state index contributed by atoms with van der Waals surface area (Å²) in [4.78, 5) is 12.4. The number of nitrogens with one attached hydrogen (secondary N) is 1. The fraction of sp³-hybridized carbons (Fsp3) is 0.130. The summed E-state index contributed by atoms with van der Waals surface area (Å²) in [6.45, 7) is 0.621. The third kappa shape index (κ3) is 6.11. The Hall–Kier alpha value is -3.57. The molecule has 3 aromatic carbocycles. The van der Waals surface area contributed by atoms with Crippen molar-refractivity contribution in [1.29, 1.82) is 0 Å². The molecule has 0 aromatic heterocycles. The van der Waals surface area contributed by atoms with Gasteiger partial charge < -0.3 is 5.11 Å². The number of phenols is 1. The predicted molar refractivity (Wildman–Crippen MR) is 126 cm³/mol. The van der Waals surface area contributed by atoms with Crippen LogP contribution >= 0.6 is 11.6 Å². The molecule has 3 rings (SSSR count). The van der Waals surface area contributed by atoms with E-state index in [4.69, 9.17) is 11.6 Å². The van der Waals surface area contributed by atoms with Crippen molar-refractivity contribution >= 4 is 38.9 Å². The van der Waals surface area contributed by atoms with Crippen LogP contribution in [0.15, 0.2) is 82.8 Å². The van der Waals surface area contributed by atoms with Gasteiger partial charge in [-0.1, -0.05) is 41.9 Å². The molecule has 0 saturated heterocycles. The van der Waals surface area contributed by atoms with Gasteiger partial charge in [0.25, 0.3) is 15.9 Å². The summed E-state index contributed by atoms with van der Waals surface area (Å²) in [5.74, 6) is -1.01. The third-order valence-corrected chi connectivity index (χ3v) is 6.92. The molecule has 0 fully saturated rings. The lowest BCUT2D eigenvalue weighted by atomic mass is 10.1. The van der Waals surface area contributed by atoms with E-state index >= 15 is 0 Å². The van der Waals surface area contributed by atoms with Gasteiger partial charge in [0.05, 0.1) is 26.9 Å². The molecule has 3 aromatic rings. The van der Waals surface area contributed by atoms with E-state index in [-0.39, 0.29) is 16.4 Å². The number of nitrogens with zero attached hydrogens (tertiary/aromatic N) is 2. The van der Waals surface area contributed by atoms with E-state index in [0.29, 0.717) is 15.9 Å². The molecule has 0 spiro atoms. The van der Waals surface area contributed by atoms with E-state index in [9.17, 15) is 31.5 Å². The first kappa shape index (κ1) is 26.0. The van der Waals surface area contributed by atoms with Gasteiger partial charge in [-0.05, 0) is 49.4 Å². The van der Waals surface area contributed by atoms with Crippen molar-refractivity contribution in [3.8, 4) is 5.75 Å². The number of phenolic OH excluding ortho intramolecular Hbond substituents is 1. The molecule has 7 nitrogen and oxygen atoms in total. The summed E-state index contributed by atoms with van der Waals surface area (Å²) < 4.78 is 67.3. The van der Waals surface area contributed by atoms with Crippen LogP contribution in [0, 0.1) is 0 Å². The molecule has 1 amide bonds. The minimum Gasteiger partial charge on any atom is -0.507 e. The summed E-state index contributed by atoms with van der Waals surface area (Å²) in [6.07, 6.45) is -4.85. The van der Waals surface area contributed by atoms with Gasteiger partial charge in [-0.3, -0.25) is 9.10 Å². The normalized spacial score (nSPS) is 12.3. The number of hydrogen-bond acceptors (Lipinski definition) is 5. The second-order valence-corrected chi connectivity index (χ2v) is 9.51. The van der Waals surface area contributed by atoms with Gasteiger partial charge in [-0.15, -0.1) is 0 Å². The molecular weight excluding hydrogens is 507 g/mol. The molecule has 0 saturated carbocycles. The molecule has 0 aliphatic carbocycles. The Morgan fingerprint density at radius 2 is 1.69 bits per heavy atom. The lowest BCUT2D eigenvalue weighted by molar-refractivity contribution is -0.137. The van der Waals surface area contributed by atoms with E-state index in [0.717, 1.165) is 12.1 Å². The fourth-order valence-corrected chi connectivity index (χ4v) is 4.73. The maximum absolute atomic E-state index is 13.4. The molecule has 2 N–H and O–H groups in total. The van der Waals surface area contributed by atoms with Crippen LogP contribution in [-0.4, -0.2) is 31.7 Å². The van der Waals surface area contributed by atoms with Crippen LogP contribution in [0.25, 0.3) is 0 Å². The first-order valence-electron chi connectivity index (χ1n) is 9.97. The number of hydrogen-bond donors (Lipinski definition) is 2. The topological polar surface area (TPSA) is 99.1 Å². The van der Waals surface area contributed by atoms with E-state index in [1.165, 1.54) is 37.3 Å². The summed E-state index contributed by atoms with van der Waals surface area (Å²) >= 11 is 5.67. The Labute approximate surface area is 204 Å². The number of para-hydroxylation sites is 1. The predicted octanol–water partition coefficient (Wildman–Crippen LogP) is 4.80. The molecule has 35 heavy (non-hydrogen) atoms. The van der Waals surface area contributed by atoms with E-state index in [2.05, 4.69) is 10.5 Å². The standard InChI is InChI=1S/C23H19ClF3N3O4S/c1-15(18-9-5-6-10-21(18)31)28-29-22(32)14-30(35(33,34)17-7-3-2-4-8-17)16-11-12-20(24)19(13-16)23(25,26)27/h2-13,31H,14H2,1H3,(H,29,32)/b28-15-. The van der Waals surface area contributed by atoms with Gasteiger partial charge in [0.1, 0.15) is 12.3 Å². The molecule has 0 aliphatic heterocycles. The number of carbonyl (C=O) groups is 1. The van der Waals surface area contributed by atoms with Crippen molar-refractivity contribution < 1.29 is 31.5 Å². The van der Waals surface area contributed by atoms with Gasteiger partial charge in [-0.25, -0.2) is 13.8 Å². The molecule has 0 unspecified atom stereocenters.